The first-order chi connectivity index (χ1) is 12.7. The molecule has 2 aromatic heterocycles. The maximum absolute atomic E-state index is 5.48. The van der Waals surface area contributed by atoms with Crippen molar-refractivity contribution in [3.8, 4) is 5.75 Å². The maximum Gasteiger partial charge on any atom is 0.140 e. The van der Waals surface area contributed by atoms with Gasteiger partial charge in [0.15, 0.2) is 0 Å². The molecule has 7 nitrogen and oxygen atoms in total. The third kappa shape index (κ3) is 3.94. The number of ether oxygens (including phenoxy) is 1. The quantitative estimate of drug-likeness (QED) is 0.620. The van der Waals surface area contributed by atoms with E-state index in [0.29, 0.717) is 12.5 Å². The Kier molecular flexibility index (Phi) is 4.71. The summed E-state index contributed by atoms with van der Waals surface area (Å²) in [5.74, 6) is 2.49. The molecule has 2 heterocycles. The molecule has 136 valence electrons. The molecular formula is C19H23N5O2. The molecule has 0 unspecified atom stereocenters. The highest BCUT2D eigenvalue weighted by atomic mass is 16.5. The summed E-state index contributed by atoms with van der Waals surface area (Å²) in [7, 11) is 3.78. The summed E-state index contributed by atoms with van der Waals surface area (Å²) in [6, 6.07) is 8.36. The highest BCUT2D eigenvalue weighted by Gasteiger charge is 2.27. The fourth-order valence-corrected chi connectivity index (χ4v) is 3.15. The Balaban J connectivity index is 1.42. The normalized spacial score (nSPS) is 14.1. The van der Waals surface area contributed by atoms with E-state index in [2.05, 4.69) is 45.4 Å². The van der Waals surface area contributed by atoms with Gasteiger partial charge in [-0.25, -0.2) is 9.67 Å². The number of hydrogen-bond donors (Lipinski definition) is 0. The van der Waals surface area contributed by atoms with Crippen LogP contribution in [0.25, 0.3) is 0 Å². The third-order valence-corrected chi connectivity index (χ3v) is 4.59. The molecule has 1 aliphatic carbocycles. The van der Waals surface area contributed by atoms with Gasteiger partial charge in [0.2, 0.25) is 0 Å². The molecule has 4 rings (SSSR count). The lowest BCUT2D eigenvalue weighted by molar-refractivity contribution is 0.300. The Morgan fingerprint density at radius 2 is 2.15 bits per heavy atom. The zero-order valence-electron chi connectivity index (χ0n) is 15.1. The standard InChI is InChI=1S/C19H23N5O2/c1-23(11-17-8-19(26-22-17)15-4-5-15)9-14-3-6-18(25-2)16(7-14)10-24-13-20-12-21-24/h3,6-8,12-13,15H,4-5,9-11H2,1-2H3. The predicted molar refractivity (Wildman–Crippen MR) is 95.8 cm³/mol. The van der Waals surface area contributed by atoms with Gasteiger partial charge in [0, 0.05) is 30.6 Å². The van der Waals surface area contributed by atoms with Gasteiger partial charge in [0.05, 0.1) is 19.3 Å². The highest BCUT2D eigenvalue weighted by molar-refractivity contribution is 5.37. The molecule has 0 bridgehead atoms. The van der Waals surface area contributed by atoms with Crippen molar-refractivity contribution in [2.75, 3.05) is 14.2 Å². The molecule has 0 radical (unpaired) electrons. The predicted octanol–water partition coefficient (Wildman–Crippen LogP) is 2.83. The molecule has 0 atom stereocenters. The summed E-state index contributed by atoms with van der Waals surface area (Å²) in [6.07, 6.45) is 5.70. The van der Waals surface area contributed by atoms with Crippen molar-refractivity contribution < 1.29 is 9.26 Å². The molecule has 0 amide bonds. The summed E-state index contributed by atoms with van der Waals surface area (Å²) in [5.41, 5.74) is 3.29. The zero-order valence-corrected chi connectivity index (χ0v) is 15.1. The Hall–Kier alpha value is -2.67. The monoisotopic (exact) mass is 353 g/mol. The summed E-state index contributed by atoms with van der Waals surface area (Å²) in [6.45, 7) is 2.22. The smallest absolute Gasteiger partial charge is 0.140 e. The van der Waals surface area contributed by atoms with E-state index in [4.69, 9.17) is 9.26 Å². The van der Waals surface area contributed by atoms with Crippen molar-refractivity contribution in [3.05, 3.63) is 59.5 Å². The SMILES string of the molecule is COc1ccc(CN(C)Cc2cc(C3CC3)on2)cc1Cn1cncn1. The largest absolute Gasteiger partial charge is 0.496 e. The van der Waals surface area contributed by atoms with E-state index in [1.54, 1.807) is 18.1 Å². The molecule has 26 heavy (non-hydrogen) atoms. The molecule has 1 aromatic carbocycles. The first kappa shape index (κ1) is 16.8. The molecule has 1 aliphatic rings. The van der Waals surface area contributed by atoms with Crippen LogP contribution < -0.4 is 4.74 Å². The van der Waals surface area contributed by atoms with Crippen molar-refractivity contribution in [1.29, 1.82) is 0 Å². The van der Waals surface area contributed by atoms with E-state index in [0.717, 1.165) is 35.9 Å². The second-order valence-electron chi connectivity index (χ2n) is 6.91. The van der Waals surface area contributed by atoms with Crippen molar-refractivity contribution in [3.63, 3.8) is 0 Å². The summed E-state index contributed by atoms with van der Waals surface area (Å²) < 4.78 is 12.7. The van der Waals surface area contributed by atoms with Crippen LogP contribution in [-0.2, 0) is 19.6 Å². The summed E-state index contributed by atoms with van der Waals surface area (Å²) in [5, 5.41) is 8.37. The molecule has 3 aromatic rings. The number of hydrogen-bond acceptors (Lipinski definition) is 6. The number of methoxy groups -OCH3 is 1. The minimum atomic E-state index is 0.600. The Labute approximate surface area is 152 Å². The Morgan fingerprint density at radius 1 is 1.27 bits per heavy atom. The van der Waals surface area contributed by atoms with Crippen LogP contribution in [-0.4, -0.2) is 39.0 Å². The fraction of sp³-hybridized carbons (Fsp3) is 0.421. The van der Waals surface area contributed by atoms with Gasteiger partial charge in [-0.3, -0.25) is 4.90 Å². The first-order valence-electron chi connectivity index (χ1n) is 8.83. The van der Waals surface area contributed by atoms with Crippen molar-refractivity contribution in [2.24, 2.45) is 0 Å². The molecule has 0 aliphatic heterocycles. The van der Waals surface area contributed by atoms with Crippen LogP contribution in [0.5, 0.6) is 5.75 Å². The second-order valence-corrected chi connectivity index (χ2v) is 6.91. The zero-order chi connectivity index (χ0) is 17.9. The topological polar surface area (TPSA) is 69.2 Å². The first-order valence-corrected chi connectivity index (χ1v) is 8.83. The average molecular weight is 353 g/mol. The van der Waals surface area contributed by atoms with Crippen LogP contribution in [0, 0.1) is 0 Å². The number of aromatic nitrogens is 4. The van der Waals surface area contributed by atoms with Gasteiger partial charge < -0.3 is 9.26 Å². The average Bonchev–Trinajstić information content (AvgIpc) is 3.15. The maximum atomic E-state index is 5.48. The number of benzene rings is 1. The molecule has 1 fully saturated rings. The summed E-state index contributed by atoms with van der Waals surface area (Å²) >= 11 is 0. The molecular weight excluding hydrogens is 330 g/mol. The Bertz CT molecular complexity index is 855. The van der Waals surface area contributed by atoms with Crippen molar-refractivity contribution in [1.82, 2.24) is 24.8 Å². The Morgan fingerprint density at radius 3 is 2.88 bits per heavy atom. The van der Waals surface area contributed by atoms with Crippen LogP contribution in [0.1, 0.15) is 41.3 Å². The van der Waals surface area contributed by atoms with E-state index in [9.17, 15) is 0 Å². The van der Waals surface area contributed by atoms with Crippen LogP contribution in [0.15, 0.2) is 41.4 Å². The van der Waals surface area contributed by atoms with Gasteiger partial charge >= 0.3 is 0 Å². The molecule has 0 saturated heterocycles. The fourth-order valence-electron chi connectivity index (χ4n) is 3.15. The van der Waals surface area contributed by atoms with E-state index >= 15 is 0 Å². The minimum Gasteiger partial charge on any atom is -0.496 e. The lowest BCUT2D eigenvalue weighted by Crippen LogP contribution is -2.17. The number of rotatable bonds is 8. The van der Waals surface area contributed by atoms with Crippen LogP contribution in [0.2, 0.25) is 0 Å². The van der Waals surface area contributed by atoms with Crippen LogP contribution in [0.4, 0.5) is 0 Å². The van der Waals surface area contributed by atoms with Crippen LogP contribution in [0.3, 0.4) is 0 Å². The van der Waals surface area contributed by atoms with Gasteiger partial charge in [-0.2, -0.15) is 5.10 Å². The van der Waals surface area contributed by atoms with Gasteiger partial charge in [-0.05, 0) is 37.6 Å². The van der Waals surface area contributed by atoms with E-state index in [1.165, 1.54) is 24.7 Å². The van der Waals surface area contributed by atoms with Gasteiger partial charge in [-0.1, -0.05) is 11.2 Å². The van der Waals surface area contributed by atoms with Crippen molar-refractivity contribution in [2.45, 2.75) is 38.4 Å². The van der Waals surface area contributed by atoms with E-state index in [-0.39, 0.29) is 0 Å². The minimum absolute atomic E-state index is 0.600. The molecule has 0 spiro atoms. The molecule has 1 saturated carbocycles. The van der Waals surface area contributed by atoms with Gasteiger partial charge in [0.1, 0.15) is 24.2 Å². The lowest BCUT2D eigenvalue weighted by atomic mass is 10.1. The second kappa shape index (κ2) is 7.29. The van der Waals surface area contributed by atoms with Crippen molar-refractivity contribution >= 4 is 0 Å². The van der Waals surface area contributed by atoms with Gasteiger partial charge in [0.25, 0.3) is 0 Å². The lowest BCUT2D eigenvalue weighted by Gasteiger charge is -2.17. The number of nitrogens with zero attached hydrogens (tertiary/aromatic N) is 5. The molecule has 7 heteroatoms. The van der Waals surface area contributed by atoms with E-state index in [1.807, 2.05) is 6.07 Å². The van der Waals surface area contributed by atoms with Gasteiger partial charge in [-0.15, -0.1) is 0 Å². The summed E-state index contributed by atoms with van der Waals surface area (Å²) in [4.78, 5) is 6.23. The van der Waals surface area contributed by atoms with Crippen LogP contribution >= 0.6 is 0 Å². The third-order valence-electron chi connectivity index (χ3n) is 4.59. The van der Waals surface area contributed by atoms with E-state index < -0.39 is 0 Å². The highest BCUT2D eigenvalue weighted by Crippen LogP contribution is 2.40. The molecule has 0 N–H and O–H groups in total.